The Morgan fingerprint density at radius 1 is 1.40 bits per heavy atom. The van der Waals surface area contributed by atoms with E-state index in [2.05, 4.69) is 10.4 Å². The topological polar surface area (TPSA) is 100 Å². The van der Waals surface area contributed by atoms with E-state index in [0.717, 1.165) is 0 Å². The number of hydrogen-bond acceptors (Lipinski definition) is 4. The average Bonchev–Trinajstić information content (AvgIpc) is 2.42. The smallest absolute Gasteiger partial charge is 0.271 e. The summed E-state index contributed by atoms with van der Waals surface area (Å²) < 4.78 is 31.7. The number of nitrogens with zero attached hydrogens (tertiary/aromatic N) is 2. The van der Waals surface area contributed by atoms with Crippen LogP contribution in [0.3, 0.4) is 0 Å². The van der Waals surface area contributed by atoms with Crippen LogP contribution in [0.1, 0.15) is 10.4 Å². The zero-order valence-electron chi connectivity index (χ0n) is 10.8. The maximum atomic E-state index is 11.9. The molecule has 0 aliphatic heterocycles. The van der Waals surface area contributed by atoms with E-state index in [1.807, 2.05) is 0 Å². The van der Waals surface area contributed by atoms with Crippen LogP contribution in [-0.2, 0) is 16.7 Å². The molecule has 20 heavy (non-hydrogen) atoms. The Morgan fingerprint density at radius 3 is 2.75 bits per heavy atom. The molecule has 0 unspecified atom stereocenters. The third kappa shape index (κ3) is 3.28. The fourth-order valence-corrected chi connectivity index (χ4v) is 2.23. The van der Waals surface area contributed by atoms with E-state index in [1.54, 1.807) is 24.3 Å². The van der Waals surface area contributed by atoms with Crippen molar-refractivity contribution < 1.29 is 22.4 Å². The molecule has 2 N–H and O–H groups in total. The van der Waals surface area contributed by atoms with Crippen molar-refractivity contribution in [3.05, 3.63) is 36.0 Å². The van der Waals surface area contributed by atoms with Gasteiger partial charge >= 0.3 is 0 Å². The van der Waals surface area contributed by atoms with Gasteiger partial charge in [0, 0.05) is 17.5 Å². The van der Waals surface area contributed by atoms with Gasteiger partial charge in [-0.15, -0.1) is 0 Å². The Balaban J connectivity index is 2.49. The van der Waals surface area contributed by atoms with Gasteiger partial charge in [-0.3, -0.25) is 9.35 Å². The van der Waals surface area contributed by atoms with E-state index in [9.17, 15) is 13.2 Å². The second kappa shape index (κ2) is 5.51. The number of carbonyl (C=O) groups is 1. The van der Waals surface area contributed by atoms with E-state index >= 15 is 0 Å². The first-order chi connectivity index (χ1) is 9.40. The van der Waals surface area contributed by atoms with Crippen molar-refractivity contribution in [2.75, 3.05) is 12.8 Å². The summed E-state index contributed by atoms with van der Waals surface area (Å²) in [5.74, 6) is -0.750. The Kier molecular flexibility index (Phi) is 3.96. The van der Waals surface area contributed by atoms with E-state index < -0.39 is 15.9 Å². The van der Waals surface area contributed by atoms with Gasteiger partial charge in [0.25, 0.3) is 16.0 Å². The summed E-state index contributed by atoms with van der Waals surface area (Å²) in [4.78, 5) is 11.9. The normalized spacial score (nSPS) is 11.5. The van der Waals surface area contributed by atoms with Gasteiger partial charge in [0.2, 0.25) is 6.20 Å². The number of nitrogens with one attached hydrogen (secondary N) is 1. The summed E-state index contributed by atoms with van der Waals surface area (Å²) in [6, 6.07) is 7.06. The number of hydrogen-bond donors (Lipinski definition) is 2. The lowest BCUT2D eigenvalue weighted by Gasteiger charge is -2.03. The third-order valence-electron chi connectivity index (χ3n) is 2.76. The zero-order valence-corrected chi connectivity index (χ0v) is 11.6. The minimum absolute atomic E-state index is 0.0341. The van der Waals surface area contributed by atoms with Crippen LogP contribution in [0.4, 0.5) is 0 Å². The number of aromatic nitrogens is 2. The molecule has 1 aromatic heterocycles. The first-order valence-corrected chi connectivity index (χ1v) is 7.48. The van der Waals surface area contributed by atoms with E-state index in [0.29, 0.717) is 16.5 Å². The molecule has 0 bridgehead atoms. The molecular formula is C12H14N3O4S+. The number of benzene rings is 1. The van der Waals surface area contributed by atoms with Crippen molar-refractivity contribution >= 4 is 26.9 Å². The van der Waals surface area contributed by atoms with Crippen LogP contribution in [0.5, 0.6) is 0 Å². The quantitative estimate of drug-likeness (QED) is 0.599. The number of rotatable bonds is 4. The molecule has 8 heteroatoms. The van der Waals surface area contributed by atoms with Gasteiger partial charge in [-0.2, -0.15) is 8.42 Å². The summed E-state index contributed by atoms with van der Waals surface area (Å²) in [7, 11) is -2.56. The predicted molar refractivity (Wildman–Crippen MR) is 71.7 cm³/mol. The van der Waals surface area contributed by atoms with Crippen LogP contribution in [0.2, 0.25) is 0 Å². The number of amides is 1. The molecule has 1 amide bonds. The molecule has 7 nitrogen and oxygen atoms in total. The Morgan fingerprint density at radius 2 is 2.10 bits per heavy atom. The first-order valence-electron chi connectivity index (χ1n) is 5.87. The highest BCUT2D eigenvalue weighted by Crippen LogP contribution is 2.14. The van der Waals surface area contributed by atoms with Crippen LogP contribution in [0.15, 0.2) is 30.5 Å². The predicted octanol–water partition coefficient (Wildman–Crippen LogP) is -0.230. The molecule has 2 rings (SSSR count). The number of carbonyl (C=O) groups excluding carboxylic acids is 1. The molecule has 0 atom stereocenters. The molecule has 1 heterocycles. The monoisotopic (exact) mass is 296 g/mol. The van der Waals surface area contributed by atoms with Crippen molar-refractivity contribution in [3.8, 4) is 0 Å². The SMILES string of the molecule is CNC(=O)c1c[n+](CCS(=O)(=O)O)nc2ccccc12. The second-order valence-electron chi connectivity index (χ2n) is 4.19. The lowest BCUT2D eigenvalue weighted by atomic mass is 10.1. The average molecular weight is 296 g/mol. The molecule has 0 saturated carbocycles. The molecule has 0 saturated heterocycles. The van der Waals surface area contributed by atoms with Crippen molar-refractivity contribution in [2.45, 2.75) is 6.54 Å². The van der Waals surface area contributed by atoms with Gasteiger partial charge in [-0.25, -0.2) is 0 Å². The highest BCUT2D eigenvalue weighted by atomic mass is 32.2. The van der Waals surface area contributed by atoms with Crippen molar-refractivity contribution in [1.82, 2.24) is 10.4 Å². The standard InChI is InChI=1S/C12H13N3O4S/c1-13-12(16)10-8-15(6-7-20(17,18)19)14-11-5-3-2-4-9(10)11/h2-5,8H,6-7H2,1H3,(H-,13,16,17,18,19)/p+1. The minimum Gasteiger partial charge on any atom is -0.355 e. The molecule has 0 aliphatic rings. The molecule has 0 fully saturated rings. The van der Waals surface area contributed by atoms with E-state index in [4.69, 9.17) is 4.55 Å². The van der Waals surface area contributed by atoms with Gasteiger partial charge in [-0.05, 0) is 6.07 Å². The Labute approximate surface area is 116 Å². The van der Waals surface area contributed by atoms with E-state index in [-0.39, 0.29) is 12.5 Å². The van der Waals surface area contributed by atoms with Crippen molar-refractivity contribution in [3.63, 3.8) is 0 Å². The lowest BCUT2D eigenvalue weighted by Crippen LogP contribution is -2.42. The summed E-state index contributed by atoms with van der Waals surface area (Å²) in [5, 5.41) is 7.42. The van der Waals surface area contributed by atoms with Crippen LogP contribution in [0, 0.1) is 0 Å². The summed E-state index contributed by atoms with van der Waals surface area (Å²) in [5.41, 5.74) is 0.970. The highest BCUT2D eigenvalue weighted by Gasteiger charge is 2.18. The van der Waals surface area contributed by atoms with Crippen molar-refractivity contribution in [1.29, 1.82) is 0 Å². The summed E-state index contributed by atoms with van der Waals surface area (Å²) in [6.07, 6.45) is 1.46. The summed E-state index contributed by atoms with van der Waals surface area (Å²) >= 11 is 0. The molecule has 0 aliphatic carbocycles. The van der Waals surface area contributed by atoms with Gasteiger partial charge < -0.3 is 5.32 Å². The van der Waals surface area contributed by atoms with Gasteiger partial charge in [0.15, 0.2) is 6.54 Å². The van der Waals surface area contributed by atoms with Gasteiger partial charge in [0.05, 0.1) is 0 Å². The van der Waals surface area contributed by atoms with Crippen LogP contribution in [-0.4, -0.2) is 36.8 Å². The van der Waals surface area contributed by atoms with Crippen LogP contribution in [0.25, 0.3) is 10.9 Å². The van der Waals surface area contributed by atoms with Crippen molar-refractivity contribution in [2.24, 2.45) is 0 Å². The molecule has 1 aromatic carbocycles. The molecule has 0 radical (unpaired) electrons. The summed E-state index contributed by atoms with van der Waals surface area (Å²) in [6.45, 7) is -0.0341. The minimum atomic E-state index is -4.08. The fourth-order valence-electron chi connectivity index (χ4n) is 1.81. The molecule has 2 aromatic rings. The Bertz CT molecular complexity index is 758. The zero-order chi connectivity index (χ0) is 14.8. The van der Waals surface area contributed by atoms with E-state index in [1.165, 1.54) is 17.9 Å². The number of aryl methyl sites for hydroxylation is 1. The molecular weight excluding hydrogens is 282 g/mol. The Hall–Kier alpha value is -2.06. The second-order valence-corrected chi connectivity index (χ2v) is 5.76. The fraction of sp³-hybridized carbons (Fsp3) is 0.250. The van der Waals surface area contributed by atoms with Crippen LogP contribution >= 0.6 is 0 Å². The molecule has 0 spiro atoms. The molecule has 106 valence electrons. The first kappa shape index (κ1) is 14.4. The van der Waals surface area contributed by atoms with Gasteiger partial charge in [0.1, 0.15) is 16.8 Å². The maximum Gasteiger partial charge on any atom is 0.271 e. The van der Waals surface area contributed by atoms with Crippen LogP contribution < -0.4 is 10.00 Å². The number of fused-ring (bicyclic) bond motifs is 1. The largest absolute Gasteiger partial charge is 0.355 e. The highest BCUT2D eigenvalue weighted by molar-refractivity contribution is 7.85. The van der Waals surface area contributed by atoms with Gasteiger partial charge in [-0.1, -0.05) is 22.9 Å². The third-order valence-corrected chi connectivity index (χ3v) is 3.46. The lowest BCUT2D eigenvalue weighted by molar-refractivity contribution is -0.747. The maximum absolute atomic E-state index is 11.9.